The van der Waals surface area contributed by atoms with Gasteiger partial charge in [0, 0.05) is 16.1 Å². The molecule has 0 aromatic heterocycles. The predicted octanol–water partition coefficient (Wildman–Crippen LogP) is 3.51. The van der Waals surface area contributed by atoms with Gasteiger partial charge in [-0.25, -0.2) is 0 Å². The number of carbonyl (C=O) groups is 1. The average molecular weight is 413 g/mol. The van der Waals surface area contributed by atoms with Crippen molar-refractivity contribution in [1.29, 1.82) is 10.5 Å². The van der Waals surface area contributed by atoms with E-state index in [1.165, 1.54) is 26.4 Å². The summed E-state index contributed by atoms with van der Waals surface area (Å²) in [6.07, 6.45) is 0. The zero-order chi connectivity index (χ0) is 19.1. The van der Waals surface area contributed by atoms with Crippen LogP contribution in [0.3, 0.4) is 0 Å². The Morgan fingerprint density at radius 1 is 1.08 bits per heavy atom. The number of hydrogen-bond acceptors (Lipinski definition) is 7. The molecular weight excluding hydrogens is 400 g/mol. The summed E-state index contributed by atoms with van der Waals surface area (Å²) in [6, 6.07) is 13.2. The Balaban J connectivity index is 2.56. The lowest BCUT2D eigenvalue weighted by molar-refractivity contribution is 0.103. The number of carbonyl (C=O) groups excluding carboxylic acids is 1. The molecule has 0 saturated heterocycles. The summed E-state index contributed by atoms with van der Waals surface area (Å²) < 4.78 is 11.3. The van der Waals surface area contributed by atoms with Crippen LogP contribution in [-0.2, 0) is 0 Å². The first kappa shape index (κ1) is 19.0. The van der Waals surface area contributed by atoms with Gasteiger partial charge in [0.15, 0.2) is 17.3 Å². The fraction of sp³-hybridized carbons (Fsp3) is 0.111. The largest absolute Gasteiger partial charge is 0.493 e. The molecule has 0 aliphatic carbocycles. The number of benzene rings is 2. The third-order valence-corrected chi connectivity index (χ3v) is 3.90. The summed E-state index contributed by atoms with van der Waals surface area (Å²) in [5, 5.41) is 21.3. The van der Waals surface area contributed by atoms with Crippen LogP contribution < -0.4 is 14.9 Å². The van der Waals surface area contributed by atoms with Crippen molar-refractivity contribution in [2.45, 2.75) is 0 Å². The molecule has 0 aliphatic heterocycles. The lowest BCUT2D eigenvalue weighted by Crippen LogP contribution is -2.08. The normalized spacial score (nSPS) is 9.42. The molecule has 0 saturated carbocycles. The van der Waals surface area contributed by atoms with Gasteiger partial charge < -0.3 is 9.47 Å². The average Bonchev–Trinajstić information content (AvgIpc) is 2.68. The van der Waals surface area contributed by atoms with E-state index >= 15 is 0 Å². The smallest absolute Gasteiger partial charge is 0.237 e. The summed E-state index contributed by atoms with van der Waals surface area (Å²) in [4.78, 5) is 12.9. The van der Waals surface area contributed by atoms with E-state index in [4.69, 9.17) is 20.0 Å². The number of methoxy groups -OCH3 is 2. The highest BCUT2D eigenvalue weighted by molar-refractivity contribution is 9.10. The molecule has 0 heterocycles. The highest BCUT2D eigenvalue weighted by Gasteiger charge is 2.18. The van der Waals surface area contributed by atoms with Crippen molar-refractivity contribution in [3.63, 3.8) is 0 Å². The zero-order valence-corrected chi connectivity index (χ0v) is 15.5. The maximum absolute atomic E-state index is 12.9. The number of nitriles is 2. The third kappa shape index (κ3) is 4.18. The Labute approximate surface area is 158 Å². The molecule has 2 rings (SSSR count). The topological polar surface area (TPSA) is 107 Å². The number of ketones is 1. The van der Waals surface area contributed by atoms with Gasteiger partial charge in [-0.05, 0) is 30.3 Å². The molecule has 0 spiro atoms. The second kappa shape index (κ2) is 8.65. The molecule has 0 unspecified atom stereocenters. The van der Waals surface area contributed by atoms with E-state index in [1.54, 1.807) is 36.4 Å². The number of ether oxygens (including phenoxy) is 2. The van der Waals surface area contributed by atoms with Gasteiger partial charge in [0.25, 0.3) is 0 Å². The minimum Gasteiger partial charge on any atom is -0.493 e. The second-order valence-electron chi connectivity index (χ2n) is 4.88. The van der Waals surface area contributed by atoms with Gasteiger partial charge in [0.1, 0.15) is 12.1 Å². The number of rotatable bonds is 6. The highest BCUT2D eigenvalue weighted by atomic mass is 79.9. The first-order chi connectivity index (χ1) is 12.5. The van der Waals surface area contributed by atoms with Crippen LogP contribution in [0.4, 0.5) is 5.69 Å². The predicted molar refractivity (Wildman–Crippen MR) is 99.4 cm³/mol. The van der Waals surface area contributed by atoms with Crippen molar-refractivity contribution < 1.29 is 14.3 Å². The lowest BCUT2D eigenvalue weighted by atomic mass is 10.0. The van der Waals surface area contributed by atoms with Crippen LogP contribution in [-0.4, -0.2) is 25.7 Å². The van der Waals surface area contributed by atoms with Gasteiger partial charge in [-0.1, -0.05) is 15.9 Å². The fourth-order valence-electron chi connectivity index (χ4n) is 2.11. The molecule has 26 heavy (non-hydrogen) atoms. The Hall–Kier alpha value is -3.36. The molecular formula is C18H13BrN4O3. The number of nitrogens with one attached hydrogen (secondary N) is 1. The van der Waals surface area contributed by atoms with Gasteiger partial charge in [-0.2, -0.15) is 15.6 Å². The van der Waals surface area contributed by atoms with E-state index in [2.05, 4.69) is 26.5 Å². The first-order valence-electron chi connectivity index (χ1n) is 7.24. The van der Waals surface area contributed by atoms with E-state index in [9.17, 15) is 4.79 Å². The summed E-state index contributed by atoms with van der Waals surface area (Å²) in [5.74, 6) is 0.447. The van der Waals surface area contributed by atoms with Crippen LogP contribution in [0.15, 0.2) is 46.0 Å². The third-order valence-electron chi connectivity index (χ3n) is 3.37. The van der Waals surface area contributed by atoms with Crippen molar-refractivity contribution in [2.75, 3.05) is 19.6 Å². The standard InChI is InChI=1S/C18H13BrN4O3/c1-25-16-7-14(18(24)11-3-5-12(19)6-4-11)15(8-17(16)26-2)23-22-13(9-20)10-21/h3-8,23H,1-2H3. The first-order valence-corrected chi connectivity index (χ1v) is 8.03. The minimum absolute atomic E-state index is 0.254. The molecule has 0 aliphatic rings. The van der Waals surface area contributed by atoms with E-state index in [0.29, 0.717) is 17.1 Å². The molecule has 130 valence electrons. The molecule has 1 N–H and O–H groups in total. The molecule has 7 nitrogen and oxygen atoms in total. The van der Waals surface area contributed by atoms with Gasteiger partial charge in [-0.15, -0.1) is 0 Å². The van der Waals surface area contributed by atoms with Crippen LogP contribution in [0.2, 0.25) is 0 Å². The summed E-state index contributed by atoms with van der Waals surface area (Å²) in [6.45, 7) is 0. The van der Waals surface area contributed by atoms with Crippen LogP contribution >= 0.6 is 15.9 Å². The fourth-order valence-corrected chi connectivity index (χ4v) is 2.37. The van der Waals surface area contributed by atoms with Crippen LogP contribution in [0.5, 0.6) is 11.5 Å². The van der Waals surface area contributed by atoms with Gasteiger partial charge >= 0.3 is 0 Å². The maximum atomic E-state index is 12.9. The van der Waals surface area contributed by atoms with Crippen molar-refractivity contribution in [2.24, 2.45) is 5.10 Å². The Morgan fingerprint density at radius 2 is 1.65 bits per heavy atom. The zero-order valence-electron chi connectivity index (χ0n) is 13.9. The Morgan fingerprint density at radius 3 is 2.19 bits per heavy atom. The van der Waals surface area contributed by atoms with Crippen molar-refractivity contribution in [3.05, 3.63) is 52.0 Å². The minimum atomic E-state index is -0.373. The van der Waals surface area contributed by atoms with Crippen LogP contribution in [0, 0.1) is 22.7 Å². The SMILES string of the molecule is COc1cc(NN=C(C#N)C#N)c(C(=O)c2ccc(Br)cc2)cc1OC. The number of nitrogens with zero attached hydrogens (tertiary/aromatic N) is 3. The van der Waals surface area contributed by atoms with Gasteiger partial charge in [-0.3, -0.25) is 10.2 Å². The van der Waals surface area contributed by atoms with E-state index in [-0.39, 0.29) is 22.7 Å². The quantitative estimate of drug-likeness (QED) is 0.441. The summed E-state index contributed by atoms with van der Waals surface area (Å²) >= 11 is 3.32. The molecule has 8 heteroatoms. The monoisotopic (exact) mass is 412 g/mol. The van der Waals surface area contributed by atoms with Crippen LogP contribution in [0.25, 0.3) is 0 Å². The molecule has 0 radical (unpaired) electrons. The highest BCUT2D eigenvalue weighted by Crippen LogP contribution is 2.34. The molecule has 0 fully saturated rings. The molecule has 0 amide bonds. The number of hydrogen-bond donors (Lipinski definition) is 1. The van der Waals surface area contributed by atoms with Crippen molar-refractivity contribution in [1.82, 2.24) is 0 Å². The summed E-state index contributed by atoms with van der Waals surface area (Å²) in [5.41, 5.74) is 3.19. The van der Waals surface area contributed by atoms with E-state index < -0.39 is 0 Å². The van der Waals surface area contributed by atoms with Gasteiger partial charge in [0.2, 0.25) is 5.71 Å². The van der Waals surface area contributed by atoms with Crippen molar-refractivity contribution in [3.8, 4) is 23.6 Å². The van der Waals surface area contributed by atoms with Gasteiger partial charge in [0.05, 0.1) is 25.5 Å². The number of hydrazone groups is 1. The van der Waals surface area contributed by atoms with E-state index in [0.717, 1.165) is 4.47 Å². The Kier molecular flexibility index (Phi) is 6.31. The number of anilines is 1. The maximum Gasteiger partial charge on any atom is 0.237 e. The van der Waals surface area contributed by atoms with Crippen molar-refractivity contribution >= 4 is 33.1 Å². The lowest BCUT2D eigenvalue weighted by Gasteiger charge is -2.14. The Bertz CT molecular complexity index is 925. The molecule has 0 atom stereocenters. The number of halogens is 1. The molecule has 0 bridgehead atoms. The summed E-state index contributed by atoms with van der Waals surface area (Å²) in [7, 11) is 2.91. The molecule has 2 aromatic carbocycles. The molecule has 2 aromatic rings. The van der Waals surface area contributed by atoms with Crippen LogP contribution in [0.1, 0.15) is 15.9 Å². The second-order valence-corrected chi connectivity index (χ2v) is 5.80. The van der Waals surface area contributed by atoms with E-state index in [1.807, 2.05) is 0 Å².